The average molecular weight is 502 g/mol. The number of benzene rings is 1. The summed E-state index contributed by atoms with van der Waals surface area (Å²) in [6, 6.07) is 6.34. The van der Waals surface area contributed by atoms with Gasteiger partial charge >= 0.3 is 6.09 Å². The summed E-state index contributed by atoms with van der Waals surface area (Å²) in [5.74, 6) is -0.441. The number of aryl methyl sites for hydroxylation is 1. The van der Waals surface area contributed by atoms with Gasteiger partial charge in [0, 0.05) is 12.6 Å². The summed E-state index contributed by atoms with van der Waals surface area (Å²) in [7, 11) is 0. The Hall–Kier alpha value is -2.57. The number of rotatable bonds is 11. The number of carbonyl (C=O) groups excluding carboxylic acids is 3. The van der Waals surface area contributed by atoms with Crippen LogP contribution >= 0.6 is 0 Å². The molecule has 0 radical (unpaired) electrons. The van der Waals surface area contributed by atoms with Crippen molar-refractivity contribution in [2.45, 2.75) is 123 Å². The fourth-order valence-electron chi connectivity index (χ4n) is 4.71. The zero-order valence-corrected chi connectivity index (χ0v) is 23.2. The minimum atomic E-state index is -0.833. The number of carbonyl (C=O) groups is 3. The van der Waals surface area contributed by atoms with E-state index in [9.17, 15) is 14.4 Å². The van der Waals surface area contributed by atoms with Gasteiger partial charge in [-0.1, -0.05) is 75.3 Å². The smallest absolute Gasteiger partial charge is 0.408 e. The number of hydrogen-bond acceptors (Lipinski definition) is 4. The first-order chi connectivity index (χ1) is 17.0. The van der Waals surface area contributed by atoms with E-state index >= 15 is 0 Å². The van der Waals surface area contributed by atoms with Crippen molar-refractivity contribution in [2.75, 3.05) is 6.54 Å². The van der Waals surface area contributed by atoms with Crippen LogP contribution < -0.4 is 10.6 Å². The molecular formula is C29H47N3O4. The van der Waals surface area contributed by atoms with E-state index < -0.39 is 23.8 Å². The third-order valence-electron chi connectivity index (χ3n) is 6.51. The Morgan fingerprint density at radius 1 is 1.08 bits per heavy atom. The Labute approximate surface area is 217 Å². The van der Waals surface area contributed by atoms with Gasteiger partial charge in [-0.15, -0.1) is 0 Å². The molecule has 2 unspecified atom stereocenters. The number of ether oxygens (including phenoxy) is 1. The van der Waals surface area contributed by atoms with Crippen LogP contribution in [-0.4, -0.2) is 47.0 Å². The number of nitrogens with zero attached hydrogens (tertiary/aromatic N) is 1. The Morgan fingerprint density at radius 2 is 1.78 bits per heavy atom. The summed E-state index contributed by atoms with van der Waals surface area (Å²) < 4.78 is 5.36. The minimum Gasteiger partial charge on any atom is -0.444 e. The number of amides is 3. The predicted octanol–water partition coefficient (Wildman–Crippen LogP) is 5.81. The number of hydrogen-bond donors (Lipinski definition) is 2. The minimum absolute atomic E-state index is 0.132. The van der Waals surface area contributed by atoms with Gasteiger partial charge in [0.25, 0.3) is 0 Å². The summed E-state index contributed by atoms with van der Waals surface area (Å²) in [5, 5.41) is 5.91. The molecule has 0 heterocycles. The standard InChI is InChI=1S/C29H47N3O4/c1-7-8-9-13-19-32(27(34)22(3)30-28(35)36-29(4,5)6)25(23-16-14-15-21(2)20-23)26(33)31-24-17-11-10-12-18-24/h14-16,20,22,24-25H,7-13,17-19H2,1-6H3,(H,30,35)(H,31,33). The van der Waals surface area contributed by atoms with Crippen LogP contribution in [0, 0.1) is 6.92 Å². The third-order valence-corrected chi connectivity index (χ3v) is 6.51. The summed E-state index contributed by atoms with van der Waals surface area (Å²) in [4.78, 5) is 41.6. The van der Waals surface area contributed by atoms with Crippen LogP contribution in [0.5, 0.6) is 0 Å². The van der Waals surface area contributed by atoms with Gasteiger partial charge in [-0.25, -0.2) is 4.79 Å². The van der Waals surface area contributed by atoms with Crippen LogP contribution in [0.15, 0.2) is 24.3 Å². The molecule has 0 aliphatic heterocycles. The van der Waals surface area contributed by atoms with Gasteiger partial charge in [0.05, 0.1) is 0 Å². The first-order valence-corrected chi connectivity index (χ1v) is 13.7. The van der Waals surface area contributed by atoms with Gasteiger partial charge in [0.2, 0.25) is 11.8 Å². The van der Waals surface area contributed by atoms with Crippen molar-refractivity contribution in [1.29, 1.82) is 0 Å². The molecule has 0 aromatic heterocycles. The maximum atomic E-state index is 13.8. The van der Waals surface area contributed by atoms with Crippen LogP contribution in [0.1, 0.15) is 110 Å². The second kappa shape index (κ2) is 14.2. The molecule has 36 heavy (non-hydrogen) atoms. The lowest BCUT2D eigenvalue weighted by molar-refractivity contribution is -0.142. The highest BCUT2D eigenvalue weighted by Crippen LogP contribution is 2.26. The lowest BCUT2D eigenvalue weighted by Gasteiger charge is -2.35. The van der Waals surface area contributed by atoms with E-state index in [-0.39, 0.29) is 17.9 Å². The van der Waals surface area contributed by atoms with Gasteiger partial charge in [0.1, 0.15) is 17.7 Å². The highest BCUT2D eigenvalue weighted by atomic mass is 16.6. The SMILES string of the molecule is CCCCCCN(C(=O)C(C)NC(=O)OC(C)(C)C)C(C(=O)NC1CCCCC1)c1cccc(C)c1. The van der Waals surface area contributed by atoms with E-state index in [0.717, 1.165) is 62.5 Å². The highest BCUT2D eigenvalue weighted by molar-refractivity contribution is 5.92. The average Bonchev–Trinajstić information content (AvgIpc) is 2.79. The molecular weight excluding hydrogens is 454 g/mol. The van der Waals surface area contributed by atoms with Gasteiger partial charge in [0.15, 0.2) is 0 Å². The number of nitrogens with one attached hydrogen (secondary N) is 2. The molecule has 2 rings (SSSR count). The van der Waals surface area contributed by atoms with Crippen LogP contribution in [0.4, 0.5) is 4.79 Å². The highest BCUT2D eigenvalue weighted by Gasteiger charge is 2.35. The summed E-state index contributed by atoms with van der Waals surface area (Å²) in [6.45, 7) is 11.6. The molecule has 0 bridgehead atoms. The zero-order chi connectivity index (χ0) is 26.7. The van der Waals surface area contributed by atoms with E-state index in [1.807, 2.05) is 31.2 Å². The maximum Gasteiger partial charge on any atom is 0.408 e. The number of alkyl carbamates (subject to hydrolysis) is 1. The van der Waals surface area contributed by atoms with Gasteiger partial charge < -0.3 is 20.3 Å². The molecule has 2 N–H and O–H groups in total. The fourth-order valence-corrected chi connectivity index (χ4v) is 4.71. The van der Waals surface area contributed by atoms with E-state index in [1.54, 1.807) is 32.6 Å². The van der Waals surface area contributed by atoms with E-state index in [1.165, 1.54) is 6.42 Å². The predicted molar refractivity (Wildman–Crippen MR) is 144 cm³/mol. The Morgan fingerprint density at radius 3 is 2.39 bits per heavy atom. The Balaban J connectivity index is 2.34. The molecule has 3 amide bonds. The topological polar surface area (TPSA) is 87.7 Å². The largest absolute Gasteiger partial charge is 0.444 e. The van der Waals surface area contributed by atoms with Gasteiger partial charge in [-0.3, -0.25) is 9.59 Å². The third kappa shape index (κ3) is 9.82. The molecule has 0 saturated heterocycles. The van der Waals surface area contributed by atoms with Crippen LogP contribution in [0.2, 0.25) is 0 Å². The number of unbranched alkanes of at least 4 members (excludes halogenated alkanes) is 3. The quantitative estimate of drug-likeness (QED) is 0.375. The van der Waals surface area contributed by atoms with Crippen molar-refractivity contribution in [3.8, 4) is 0 Å². The fraction of sp³-hybridized carbons (Fsp3) is 0.690. The lowest BCUT2D eigenvalue weighted by atomic mass is 9.94. The van der Waals surface area contributed by atoms with Crippen molar-refractivity contribution in [2.24, 2.45) is 0 Å². The molecule has 7 nitrogen and oxygen atoms in total. The Bertz CT molecular complexity index is 858. The molecule has 1 aliphatic rings. The Kier molecular flexibility index (Phi) is 11.7. The molecule has 1 fully saturated rings. The normalized spacial score (nSPS) is 16.1. The molecule has 2 atom stereocenters. The van der Waals surface area contributed by atoms with Crippen molar-refractivity contribution in [1.82, 2.24) is 15.5 Å². The molecule has 7 heteroatoms. The second-order valence-electron chi connectivity index (χ2n) is 11.1. The maximum absolute atomic E-state index is 13.8. The van der Waals surface area contributed by atoms with Crippen molar-refractivity contribution in [3.05, 3.63) is 35.4 Å². The molecule has 1 aromatic rings. The van der Waals surface area contributed by atoms with E-state index in [4.69, 9.17) is 4.74 Å². The van der Waals surface area contributed by atoms with E-state index in [0.29, 0.717) is 6.54 Å². The second-order valence-corrected chi connectivity index (χ2v) is 11.1. The molecule has 1 aromatic carbocycles. The van der Waals surface area contributed by atoms with Crippen molar-refractivity contribution < 1.29 is 19.1 Å². The molecule has 0 spiro atoms. The molecule has 1 aliphatic carbocycles. The first-order valence-electron chi connectivity index (χ1n) is 13.7. The first kappa shape index (κ1) is 29.7. The summed E-state index contributed by atoms with van der Waals surface area (Å²) in [6.07, 6.45) is 8.60. The summed E-state index contributed by atoms with van der Waals surface area (Å²) in [5.41, 5.74) is 1.15. The van der Waals surface area contributed by atoms with Gasteiger partial charge in [-0.2, -0.15) is 0 Å². The van der Waals surface area contributed by atoms with E-state index in [2.05, 4.69) is 17.6 Å². The van der Waals surface area contributed by atoms with Crippen LogP contribution in [0.25, 0.3) is 0 Å². The molecule has 1 saturated carbocycles. The molecule has 202 valence electrons. The van der Waals surface area contributed by atoms with Crippen molar-refractivity contribution >= 4 is 17.9 Å². The zero-order valence-electron chi connectivity index (χ0n) is 23.2. The van der Waals surface area contributed by atoms with Crippen molar-refractivity contribution in [3.63, 3.8) is 0 Å². The van der Waals surface area contributed by atoms with Gasteiger partial charge in [-0.05, 0) is 59.4 Å². The van der Waals surface area contributed by atoms with Crippen LogP contribution in [-0.2, 0) is 14.3 Å². The van der Waals surface area contributed by atoms with Crippen LogP contribution in [0.3, 0.4) is 0 Å². The lowest BCUT2D eigenvalue weighted by Crippen LogP contribution is -2.53. The summed E-state index contributed by atoms with van der Waals surface area (Å²) >= 11 is 0. The monoisotopic (exact) mass is 501 g/mol.